The van der Waals surface area contributed by atoms with Gasteiger partial charge >= 0.3 is 5.97 Å². The third-order valence-electron chi connectivity index (χ3n) is 3.82. The average molecular weight is 319 g/mol. The smallest absolute Gasteiger partial charge is 0.341 e. The monoisotopic (exact) mass is 319 g/mol. The van der Waals surface area contributed by atoms with Gasteiger partial charge < -0.3 is 14.5 Å². The normalized spacial score (nSPS) is 12.0. The van der Waals surface area contributed by atoms with Gasteiger partial charge in [0.15, 0.2) is 0 Å². The summed E-state index contributed by atoms with van der Waals surface area (Å²) in [6.45, 7) is 7.46. The predicted molar refractivity (Wildman–Crippen MR) is 83.1 cm³/mol. The average Bonchev–Trinajstić information content (AvgIpc) is 3.06. The first-order valence-electron chi connectivity index (χ1n) is 7.32. The third kappa shape index (κ3) is 3.44. The number of nitrogens with zero attached hydrogens (tertiary/aromatic N) is 1. The summed E-state index contributed by atoms with van der Waals surface area (Å²) in [6, 6.07) is 1.58. The van der Waals surface area contributed by atoms with Crippen LogP contribution in [0.4, 0.5) is 0 Å². The van der Waals surface area contributed by atoms with Gasteiger partial charge in [-0.25, -0.2) is 4.79 Å². The number of carbonyl (C=O) groups is 2. The minimum Gasteiger partial charge on any atom is -0.465 e. The van der Waals surface area contributed by atoms with Crippen LogP contribution in [0.25, 0.3) is 0 Å². The van der Waals surface area contributed by atoms with Crippen molar-refractivity contribution in [2.45, 2.75) is 40.2 Å². The molecule has 0 aliphatic rings. The topological polar surface area (TPSA) is 97.2 Å². The van der Waals surface area contributed by atoms with Crippen molar-refractivity contribution in [1.29, 1.82) is 0 Å². The van der Waals surface area contributed by atoms with Crippen molar-refractivity contribution in [2.24, 2.45) is 0 Å². The summed E-state index contributed by atoms with van der Waals surface area (Å²) in [5, 5.41) is 9.80. The molecule has 124 valence electrons. The molecule has 1 unspecified atom stereocenters. The number of aromatic amines is 1. The minimum atomic E-state index is -0.457. The van der Waals surface area contributed by atoms with Crippen molar-refractivity contribution in [2.75, 3.05) is 7.11 Å². The Labute approximate surface area is 134 Å². The summed E-state index contributed by atoms with van der Waals surface area (Å²) in [7, 11) is 1.31. The lowest BCUT2D eigenvalue weighted by Crippen LogP contribution is -2.27. The van der Waals surface area contributed by atoms with Crippen molar-refractivity contribution in [3.63, 3.8) is 0 Å². The van der Waals surface area contributed by atoms with Crippen LogP contribution < -0.4 is 5.32 Å². The number of aryl methyl sites for hydroxylation is 3. The van der Waals surface area contributed by atoms with Gasteiger partial charge in [0.1, 0.15) is 17.1 Å². The van der Waals surface area contributed by atoms with Gasteiger partial charge in [-0.3, -0.25) is 9.89 Å². The van der Waals surface area contributed by atoms with Crippen molar-refractivity contribution in [3.8, 4) is 0 Å². The van der Waals surface area contributed by atoms with Crippen molar-refractivity contribution < 1.29 is 18.7 Å². The van der Waals surface area contributed by atoms with E-state index < -0.39 is 5.97 Å². The zero-order valence-corrected chi connectivity index (χ0v) is 13.9. The zero-order chi connectivity index (χ0) is 17.1. The number of hydrogen-bond acceptors (Lipinski definition) is 5. The highest BCUT2D eigenvalue weighted by molar-refractivity contribution is 5.90. The van der Waals surface area contributed by atoms with E-state index in [9.17, 15) is 9.59 Å². The molecule has 2 rings (SSSR count). The molecule has 0 saturated heterocycles. The van der Waals surface area contributed by atoms with Crippen molar-refractivity contribution >= 4 is 11.9 Å². The number of amides is 1. The van der Waals surface area contributed by atoms with E-state index in [4.69, 9.17) is 4.42 Å². The van der Waals surface area contributed by atoms with E-state index in [1.54, 1.807) is 13.0 Å². The van der Waals surface area contributed by atoms with Gasteiger partial charge in [0.25, 0.3) is 0 Å². The van der Waals surface area contributed by atoms with Crippen LogP contribution in [0.1, 0.15) is 51.7 Å². The van der Waals surface area contributed by atoms with Crippen molar-refractivity contribution in [1.82, 2.24) is 15.5 Å². The van der Waals surface area contributed by atoms with E-state index in [1.807, 2.05) is 20.8 Å². The van der Waals surface area contributed by atoms with Crippen LogP contribution >= 0.6 is 0 Å². The molecular formula is C16H21N3O4. The number of ether oxygens (including phenoxy) is 1. The lowest BCUT2D eigenvalue weighted by molar-refractivity contribution is -0.122. The zero-order valence-electron chi connectivity index (χ0n) is 13.9. The number of H-pyrrole nitrogens is 1. The highest BCUT2D eigenvalue weighted by atomic mass is 16.5. The molecule has 0 aliphatic heterocycles. The van der Waals surface area contributed by atoms with Crippen molar-refractivity contribution in [3.05, 3.63) is 40.1 Å². The van der Waals surface area contributed by atoms with Gasteiger partial charge in [-0.15, -0.1) is 0 Å². The lowest BCUT2D eigenvalue weighted by Gasteiger charge is -2.12. The fourth-order valence-corrected chi connectivity index (χ4v) is 2.60. The Kier molecular flexibility index (Phi) is 4.88. The second-order valence-electron chi connectivity index (χ2n) is 5.46. The maximum atomic E-state index is 12.3. The summed E-state index contributed by atoms with van der Waals surface area (Å²) < 4.78 is 10.1. The number of methoxy groups -OCH3 is 1. The van der Waals surface area contributed by atoms with Crippen LogP contribution in [-0.2, 0) is 16.1 Å². The standard InChI is InChI=1S/C16H21N3O4/c1-8(14-9(2)18-19-10(14)3)15(20)17-7-12-6-13(11(4)23-12)16(21)22-5/h6,8H,7H2,1-5H3,(H,17,20)(H,18,19). The Hall–Kier alpha value is -2.57. The fraction of sp³-hybridized carbons (Fsp3) is 0.438. The molecule has 0 aromatic carbocycles. The summed E-state index contributed by atoms with van der Waals surface area (Å²) in [6.07, 6.45) is 0. The second-order valence-corrected chi connectivity index (χ2v) is 5.46. The quantitative estimate of drug-likeness (QED) is 0.823. The van der Waals surface area contributed by atoms with Gasteiger partial charge in [-0.2, -0.15) is 5.10 Å². The maximum Gasteiger partial charge on any atom is 0.341 e. The molecule has 7 nitrogen and oxygen atoms in total. The minimum absolute atomic E-state index is 0.133. The van der Waals surface area contributed by atoms with Crippen LogP contribution in [0.5, 0.6) is 0 Å². The van der Waals surface area contributed by atoms with E-state index in [0.717, 1.165) is 17.0 Å². The Morgan fingerprint density at radius 3 is 2.65 bits per heavy atom. The number of rotatable bonds is 5. The van der Waals surface area contributed by atoms with Gasteiger partial charge in [-0.05, 0) is 33.8 Å². The maximum absolute atomic E-state index is 12.3. The van der Waals surface area contributed by atoms with Crippen LogP contribution in [0, 0.1) is 20.8 Å². The van der Waals surface area contributed by atoms with Crippen LogP contribution in [0.15, 0.2) is 10.5 Å². The lowest BCUT2D eigenvalue weighted by atomic mass is 9.98. The molecule has 7 heteroatoms. The molecule has 0 bridgehead atoms. The molecule has 0 aliphatic carbocycles. The molecule has 0 radical (unpaired) electrons. The van der Waals surface area contributed by atoms with E-state index in [-0.39, 0.29) is 18.4 Å². The van der Waals surface area contributed by atoms with E-state index >= 15 is 0 Å². The predicted octanol–water partition coefficient (Wildman–Crippen LogP) is 2.13. The molecular weight excluding hydrogens is 298 g/mol. The molecule has 0 fully saturated rings. The molecule has 1 amide bonds. The Bertz CT molecular complexity index is 710. The van der Waals surface area contributed by atoms with Crippen LogP contribution in [0.3, 0.4) is 0 Å². The molecule has 2 aromatic rings. The number of esters is 1. The molecule has 2 N–H and O–H groups in total. The van der Waals surface area contributed by atoms with Gasteiger partial charge in [-0.1, -0.05) is 0 Å². The molecule has 23 heavy (non-hydrogen) atoms. The van der Waals surface area contributed by atoms with Gasteiger partial charge in [0.05, 0.1) is 25.3 Å². The summed E-state index contributed by atoms with van der Waals surface area (Å²) in [4.78, 5) is 23.9. The molecule has 2 heterocycles. The number of aromatic nitrogens is 2. The number of hydrogen-bond donors (Lipinski definition) is 2. The second kappa shape index (κ2) is 6.68. The van der Waals surface area contributed by atoms with E-state index in [0.29, 0.717) is 17.1 Å². The van der Waals surface area contributed by atoms with Gasteiger partial charge in [0.2, 0.25) is 5.91 Å². The molecule has 2 aromatic heterocycles. The van der Waals surface area contributed by atoms with E-state index in [1.165, 1.54) is 7.11 Å². The molecule has 1 atom stereocenters. The first-order valence-corrected chi connectivity index (χ1v) is 7.32. The van der Waals surface area contributed by atoms with Crippen LogP contribution in [-0.4, -0.2) is 29.2 Å². The Balaban J connectivity index is 2.03. The molecule has 0 saturated carbocycles. The third-order valence-corrected chi connectivity index (χ3v) is 3.82. The highest BCUT2D eigenvalue weighted by Gasteiger charge is 2.22. The fourth-order valence-electron chi connectivity index (χ4n) is 2.60. The summed E-state index contributed by atoms with van der Waals surface area (Å²) >= 11 is 0. The number of carbonyl (C=O) groups excluding carboxylic acids is 2. The Morgan fingerprint density at radius 2 is 2.09 bits per heavy atom. The molecule has 0 spiro atoms. The summed E-state index contributed by atoms with van der Waals surface area (Å²) in [5.41, 5.74) is 2.96. The van der Waals surface area contributed by atoms with Crippen LogP contribution in [0.2, 0.25) is 0 Å². The Morgan fingerprint density at radius 1 is 1.39 bits per heavy atom. The first kappa shape index (κ1) is 16.8. The highest BCUT2D eigenvalue weighted by Crippen LogP contribution is 2.22. The van der Waals surface area contributed by atoms with Gasteiger partial charge in [0, 0.05) is 11.3 Å². The SMILES string of the molecule is COC(=O)c1cc(CNC(=O)C(C)c2c(C)n[nH]c2C)oc1C. The number of furan rings is 1. The van der Waals surface area contributed by atoms with E-state index in [2.05, 4.69) is 20.3 Å². The summed E-state index contributed by atoms with van der Waals surface area (Å²) in [5.74, 6) is 0.0535. The first-order chi connectivity index (χ1) is 10.8. The largest absolute Gasteiger partial charge is 0.465 e. The number of nitrogens with one attached hydrogen (secondary N) is 2.